The van der Waals surface area contributed by atoms with Crippen LogP contribution in [-0.2, 0) is 0 Å². The maximum Gasteiger partial charge on any atom is 0.169 e. The molecule has 1 aliphatic carbocycles. The van der Waals surface area contributed by atoms with Crippen molar-refractivity contribution in [2.75, 3.05) is 6.61 Å². The highest BCUT2D eigenvalue weighted by Crippen LogP contribution is 2.37. The largest absolute Gasteiger partial charge is 0.493 e. The summed E-state index contributed by atoms with van der Waals surface area (Å²) in [4.78, 5) is 12.4. The van der Waals surface area contributed by atoms with Gasteiger partial charge in [0.2, 0.25) is 0 Å². The van der Waals surface area contributed by atoms with E-state index in [0.717, 1.165) is 18.6 Å². The van der Waals surface area contributed by atoms with Crippen LogP contribution < -0.4 is 9.47 Å². The molecule has 0 bridgehead atoms. The number of benzene rings is 2. The van der Waals surface area contributed by atoms with Gasteiger partial charge < -0.3 is 9.47 Å². The number of hydrogen-bond acceptors (Lipinski definition) is 3. The third-order valence-electron chi connectivity index (χ3n) is 3.44. The number of ketones is 1. The van der Waals surface area contributed by atoms with Crippen molar-refractivity contribution in [2.24, 2.45) is 5.92 Å². The first-order valence-electron chi connectivity index (χ1n) is 7.32. The number of ether oxygens (including phenoxy) is 2. The van der Waals surface area contributed by atoms with Crippen LogP contribution in [0.2, 0.25) is 0 Å². The van der Waals surface area contributed by atoms with Crippen LogP contribution >= 0.6 is 0 Å². The molecule has 0 unspecified atom stereocenters. The van der Waals surface area contributed by atoms with E-state index in [1.165, 1.54) is 0 Å². The fraction of sp³-hybridized carbons (Fsp3) is 0.278. The second-order valence-electron chi connectivity index (χ2n) is 5.14. The van der Waals surface area contributed by atoms with E-state index in [1.807, 2.05) is 49.4 Å². The van der Waals surface area contributed by atoms with Gasteiger partial charge in [0.25, 0.3) is 0 Å². The predicted octanol–water partition coefficient (Wildman–Crippen LogP) is 4.47. The standard InChI is InChI=1S/C18H18O3/c1-2-20-17-11-10-15(21-14-6-4-3-5-7-14)12-16(17)18(19)13-8-9-13/h3-7,10-13H,2,8-9H2,1H3. The van der Waals surface area contributed by atoms with E-state index in [9.17, 15) is 4.79 Å². The van der Waals surface area contributed by atoms with Crippen LogP contribution in [0, 0.1) is 5.92 Å². The van der Waals surface area contributed by atoms with Gasteiger partial charge in [-0.05, 0) is 50.1 Å². The Morgan fingerprint density at radius 2 is 1.86 bits per heavy atom. The highest BCUT2D eigenvalue weighted by molar-refractivity contribution is 6.02. The molecule has 2 aromatic rings. The molecule has 108 valence electrons. The van der Waals surface area contributed by atoms with Crippen molar-refractivity contribution >= 4 is 5.78 Å². The molecule has 3 heteroatoms. The minimum absolute atomic E-state index is 0.163. The van der Waals surface area contributed by atoms with Gasteiger partial charge in [-0.3, -0.25) is 4.79 Å². The molecule has 0 saturated heterocycles. The Balaban J connectivity index is 1.88. The first-order valence-corrected chi connectivity index (χ1v) is 7.32. The predicted molar refractivity (Wildman–Crippen MR) is 81.2 cm³/mol. The number of carbonyl (C=O) groups is 1. The summed E-state index contributed by atoms with van der Waals surface area (Å²) in [6.45, 7) is 2.46. The second kappa shape index (κ2) is 6.00. The smallest absolute Gasteiger partial charge is 0.169 e. The van der Waals surface area contributed by atoms with Gasteiger partial charge >= 0.3 is 0 Å². The number of hydrogen-bond donors (Lipinski definition) is 0. The van der Waals surface area contributed by atoms with Gasteiger partial charge in [0.05, 0.1) is 12.2 Å². The average molecular weight is 282 g/mol. The SMILES string of the molecule is CCOc1ccc(Oc2ccccc2)cc1C(=O)C1CC1. The molecule has 1 aliphatic rings. The maximum absolute atomic E-state index is 12.4. The first kappa shape index (κ1) is 13.7. The van der Waals surface area contributed by atoms with Crippen molar-refractivity contribution in [1.82, 2.24) is 0 Å². The molecular weight excluding hydrogens is 264 g/mol. The molecular formula is C18H18O3. The van der Waals surface area contributed by atoms with Crippen LogP contribution in [0.4, 0.5) is 0 Å². The number of Topliss-reactive ketones (excluding diaryl/α,β-unsaturated/α-hetero) is 1. The molecule has 0 radical (unpaired) electrons. The van der Waals surface area contributed by atoms with Gasteiger partial charge in [0, 0.05) is 5.92 Å². The zero-order valence-corrected chi connectivity index (χ0v) is 12.0. The van der Waals surface area contributed by atoms with Crippen LogP contribution in [0.3, 0.4) is 0 Å². The monoisotopic (exact) mass is 282 g/mol. The van der Waals surface area contributed by atoms with Crippen LogP contribution in [0.25, 0.3) is 0 Å². The molecule has 1 saturated carbocycles. The number of carbonyl (C=O) groups excluding carboxylic acids is 1. The minimum atomic E-state index is 0.163. The highest BCUT2D eigenvalue weighted by atomic mass is 16.5. The molecule has 0 heterocycles. The van der Waals surface area contributed by atoms with Gasteiger partial charge in [-0.25, -0.2) is 0 Å². The highest BCUT2D eigenvalue weighted by Gasteiger charge is 2.32. The van der Waals surface area contributed by atoms with E-state index >= 15 is 0 Å². The van der Waals surface area contributed by atoms with Gasteiger partial charge in [0.1, 0.15) is 17.2 Å². The van der Waals surface area contributed by atoms with Crippen molar-refractivity contribution in [3.63, 3.8) is 0 Å². The normalized spacial score (nSPS) is 13.8. The Morgan fingerprint density at radius 1 is 1.10 bits per heavy atom. The summed E-state index contributed by atoms with van der Waals surface area (Å²) in [7, 11) is 0. The van der Waals surface area contributed by atoms with Gasteiger partial charge in [-0.1, -0.05) is 18.2 Å². The van der Waals surface area contributed by atoms with Gasteiger partial charge in [0.15, 0.2) is 5.78 Å². The summed E-state index contributed by atoms with van der Waals surface area (Å²) in [6, 6.07) is 15.0. The average Bonchev–Trinajstić information content (AvgIpc) is 3.34. The number of para-hydroxylation sites is 1. The summed E-state index contributed by atoms with van der Waals surface area (Å²) in [5.41, 5.74) is 0.632. The van der Waals surface area contributed by atoms with Crippen molar-refractivity contribution in [3.8, 4) is 17.2 Å². The Bertz CT molecular complexity index is 630. The molecule has 0 amide bonds. The Kier molecular flexibility index (Phi) is 3.91. The maximum atomic E-state index is 12.4. The van der Waals surface area contributed by atoms with Crippen LogP contribution in [0.1, 0.15) is 30.1 Å². The van der Waals surface area contributed by atoms with E-state index in [0.29, 0.717) is 23.7 Å². The molecule has 0 N–H and O–H groups in total. The molecule has 0 aliphatic heterocycles. The Hall–Kier alpha value is -2.29. The van der Waals surface area contributed by atoms with Crippen LogP contribution in [0.5, 0.6) is 17.2 Å². The van der Waals surface area contributed by atoms with Crippen LogP contribution in [-0.4, -0.2) is 12.4 Å². The third-order valence-corrected chi connectivity index (χ3v) is 3.44. The molecule has 3 nitrogen and oxygen atoms in total. The van der Waals surface area contributed by atoms with Crippen molar-refractivity contribution in [3.05, 3.63) is 54.1 Å². The lowest BCUT2D eigenvalue weighted by atomic mass is 10.1. The first-order chi connectivity index (χ1) is 10.3. The van der Waals surface area contributed by atoms with Gasteiger partial charge in [-0.2, -0.15) is 0 Å². The Morgan fingerprint density at radius 3 is 2.52 bits per heavy atom. The van der Waals surface area contributed by atoms with Crippen molar-refractivity contribution in [1.29, 1.82) is 0 Å². The van der Waals surface area contributed by atoms with E-state index in [-0.39, 0.29) is 11.7 Å². The molecule has 1 fully saturated rings. The molecule has 0 aromatic heterocycles. The van der Waals surface area contributed by atoms with E-state index in [4.69, 9.17) is 9.47 Å². The fourth-order valence-corrected chi connectivity index (χ4v) is 2.24. The summed E-state index contributed by atoms with van der Waals surface area (Å²) in [6.07, 6.45) is 1.96. The molecule has 0 spiro atoms. The van der Waals surface area contributed by atoms with Gasteiger partial charge in [-0.15, -0.1) is 0 Å². The topological polar surface area (TPSA) is 35.5 Å². The molecule has 21 heavy (non-hydrogen) atoms. The van der Waals surface area contributed by atoms with Crippen molar-refractivity contribution < 1.29 is 14.3 Å². The molecule has 3 rings (SSSR count). The quantitative estimate of drug-likeness (QED) is 0.733. The van der Waals surface area contributed by atoms with E-state index in [1.54, 1.807) is 6.07 Å². The lowest BCUT2D eigenvalue weighted by molar-refractivity contribution is 0.0963. The third kappa shape index (κ3) is 3.24. The summed E-state index contributed by atoms with van der Waals surface area (Å²) in [5, 5.41) is 0. The summed E-state index contributed by atoms with van der Waals surface area (Å²) in [5.74, 6) is 2.39. The van der Waals surface area contributed by atoms with Crippen molar-refractivity contribution in [2.45, 2.75) is 19.8 Å². The summed E-state index contributed by atoms with van der Waals surface area (Å²) < 4.78 is 11.4. The number of rotatable bonds is 6. The lowest BCUT2D eigenvalue weighted by Gasteiger charge is -2.12. The fourth-order valence-electron chi connectivity index (χ4n) is 2.24. The minimum Gasteiger partial charge on any atom is -0.493 e. The summed E-state index contributed by atoms with van der Waals surface area (Å²) >= 11 is 0. The van der Waals surface area contributed by atoms with E-state index in [2.05, 4.69) is 0 Å². The van der Waals surface area contributed by atoms with Crippen LogP contribution in [0.15, 0.2) is 48.5 Å². The van der Waals surface area contributed by atoms with E-state index < -0.39 is 0 Å². The Labute approximate surface area is 124 Å². The zero-order valence-electron chi connectivity index (χ0n) is 12.0. The molecule has 2 aromatic carbocycles. The second-order valence-corrected chi connectivity index (χ2v) is 5.14. The lowest BCUT2D eigenvalue weighted by Crippen LogP contribution is -2.06. The molecule has 0 atom stereocenters. The zero-order chi connectivity index (χ0) is 14.7.